The first-order chi connectivity index (χ1) is 13.2. The van der Waals surface area contributed by atoms with E-state index < -0.39 is 6.04 Å². The zero-order chi connectivity index (χ0) is 18.5. The van der Waals surface area contributed by atoms with Gasteiger partial charge in [-0.05, 0) is 16.8 Å². The van der Waals surface area contributed by atoms with Gasteiger partial charge in [0.05, 0.1) is 24.4 Å². The second-order valence-corrected chi connectivity index (χ2v) is 6.60. The summed E-state index contributed by atoms with van der Waals surface area (Å²) in [4.78, 5) is 25.6. The number of amides is 2. The number of rotatable bonds is 2. The van der Waals surface area contributed by atoms with Gasteiger partial charge in [0.2, 0.25) is 0 Å². The van der Waals surface area contributed by atoms with Crippen LogP contribution in [0.15, 0.2) is 66.2 Å². The van der Waals surface area contributed by atoms with Crippen LogP contribution in [0.4, 0.5) is 4.79 Å². The third-order valence-corrected chi connectivity index (χ3v) is 5.20. The predicted molar refractivity (Wildman–Crippen MR) is 103 cm³/mol. The fourth-order valence-electron chi connectivity index (χ4n) is 4.03. The molecule has 2 N–H and O–H groups in total. The summed E-state index contributed by atoms with van der Waals surface area (Å²) in [6.07, 6.45) is 0. The third-order valence-electron chi connectivity index (χ3n) is 5.20. The summed E-state index contributed by atoms with van der Waals surface area (Å²) >= 11 is 0. The predicted octanol–water partition coefficient (Wildman–Crippen LogP) is 3.81. The maximum atomic E-state index is 13.2. The SMILES string of the molecule is COc1ccc2ccccc2c1C1NC(=O)NC2=C1C(=O)c1ccccc12. The van der Waals surface area contributed by atoms with E-state index in [9.17, 15) is 9.59 Å². The van der Waals surface area contributed by atoms with E-state index in [1.807, 2.05) is 54.6 Å². The lowest BCUT2D eigenvalue weighted by atomic mass is 9.90. The van der Waals surface area contributed by atoms with Crippen molar-refractivity contribution in [1.29, 1.82) is 0 Å². The summed E-state index contributed by atoms with van der Waals surface area (Å²) in [7, 11) is 1.59. The quantitative estimate of drug-likeness (QED) is 0.734. The Morgan fingerprint density at radius 1 is 0.889 bits per heavy atom. The Labute approximate surface area is 155 Å². The average molecular weight is 356 g/mol. The first-order valence-corrected chi connectivity index (χ1v) is 8.70. The number of ether oxygens (including phenoxy) is 1. The number of hydrogen-bond acceptors (Lipinski definition) is 3. The first-order valence-electron chi connectivity index (χ1n) is 8.70. The number of hydrogen-bond donors (Lipinski definition) is 2. The number of carbonyl (C=O) groups excluding carboxylic acids is 2. The number of ketones is 1. The number of carbonyl (C=O) groups is 2. The molecule has 2 aliphatic rings. The Morgan fingerprint density at radius 2 is 1.63 bits per heavy atom. The topological polar surface area (TPSA) is 67.4 Å². The molecule has 1 atom stereocenters. The van der Waals surface area contributed by atoms with Gasteiger partial charge in [-0.1, -0.05) is 54.6 Å². The van der Waals surface area contributed by atoms with E-state index in [2.05, 4.69) is 10.6 Å². The Morgan fingerprint density at radius 3 is 2.44 bits per heavy atom. The van der Waals surface area contributed by atoms with Crippen LogP contribution in [0.1, 0.15) is 27.5 Å². The molecule has 2 amide bonds. The average Bonchev–Trinajstić information content (AvgIpc) is 2.99. The lowest BCUT2D eigenvalue weighted by molar-refractivity contribution is 0.103. The molecule has 3 aromatic rings. The molecule has 5 heteroatoms. The summed E-state index contributed by atoms with van der Waals surface area (Å²) in [5.41, 5.74) is 3.29. The third kappa shape index (κ3) is 2.18. The number of urea groups is 1. The highest BCUT2D eigenvalue weighted by molar-refractivity contribution is 6.23. The molecule has 1 aliphatic heterocycles. The van der Waals surface area contributed by atoms with E-state index in [0.717, 1.165) is 21.9 Å². The number of methoxy groups -OCH3 is 1. The highest BCUT2D eigenvalue weighted by Crippen LogP contribution is 2.44. The van der Waals surface area contributed by atoms with Gasteiger partial charge < -0.3 is 15.4 Å². The highest BCUT2D eigenvalue weighted by Gasteiger charge is 2.41. The van der Waals surface area contributed by atoms with Gasteiger partial charge in [0.1, 0.15) is 5.75 Å². The summed E-state index contributed by atoms with van der Waals surface area (Å²) in [6.45, 7) is 0. The fourth-order valence-corrected chi connectivity index (χ4v) is 4.03. The molecular weight excluding hydrogens is 340 g/mol. The molecule has 0 saturated carbocycles. The van der Waals surface area contributed by atoms with Crippen molar-refractivity contribution in [3.05, 3.63) is 82.9 Å². The molecule has 0 radical (unpaired) electrons. The number of Topliss-reactive ketones (excluding diaryl/α,β-unsaturated/α-hetero) is 1. The van der Waals surface area contributed by atoms with Crippen LogP contribution >= 0.6 is 0 Å². The molecule has 0 aromatic heterocycles. The van der Waals surface area contributed by atoms with Crippen molar-refractivity contribution >= 4 is 28.3 Å². The summed E-state index contributed by atoms with van der Waals surface area (Å²) in [5.74, 6) is 0.560. The van der Waals surface area contributed by atoms with Gasteiger partial charge in [-0.15, -0.1) is 0 Å². The lowest BCUT2D eigenvalue weighted by Crippen LogP contribution is -2.43. The van der Waals surface area contributed by atoms with E-state index in [1.165, 1.54) is 0 Å². The maximum absolute atomic E-state index is 13.2. The molecule has 3 aromatic carbocycles. The van der Waals surface area contributed by atoms with Gasteiger partial charge in [0.15, 0.2) is 5.78 Å². The maximum Gasteiger partial charge on any atom is 0.320 e. The Balaban J connectivity index is 1.80. The molecule has 27 heavy (non-hydrogen) atoms. The van der Waals surface area contributed by atoms with Crippen molar-refractivity contribution in [3.63, 3.8) is 0 Å². The van der Waals surface area contributed by atoms with Crippen LogP contribution in [0, 0.1) is 0 Å². The van der Waals surface area contributed by atoms with E-state index in [0.29, 0.717) is 22.6 Å². The van der Waals surface area contributed by atoms with E-state index in [4.69, 9.17) is 4.74 Å². The molecule has 0 saturated heterocycles. The lowest BCUT2D eigenvalue weighted by Gasteiger charge is -2.28. The normalized spacial score (nSPS) is 18.0. The number of benzene rings is 3. The van der Waals surface area contributed by atoms with Crippen LogP contribution in [0.3, 0.4) is 0 Å². The molecule has 5 nitrogen and oxygen atoms in total. The number of fused-ring (bicyclic) bond motifs is 3. The zero-order valence-electron chi connectivity index (χ0n) is 14.6. The van der Waals surface area contributed by atoms with Crippen LogP contribution in [0.5, 0.6) is 5.75 Å². The van der Waals surface area contributed by atoms with Crippen molar-refractivity contribution < 1.29 is 14.3 Å². The van der Waals surface area contributed by atoms with E-state index in [1.54, 1.807) is 13.2 Å². The van der Waals surface area contributed by atoms with Crippen LogP contribution in [0.2, 0.25) is 0 Å². The van der Waals surface area contributed by atoms with Crippen molar-refractivity contribution in [2.45, 2.75) is 6.04 Å². The second-order valence-electron chi connectivity index (χ2n) is 6.60. The molecule has 1 aliphatic carbocycles. The van der Waals surface area contributed by atoms with Crippen LogP contribution in [-0.4, -0.2) is 18.9 Å². The molecule has 1 unspecified atom stereocenters. The second kappa shape index (κ2) is 5.71. The minimum atomic E-state index is -0.588. The van der Waals surface area contributed by atoms with Crippen molar-refractivity contribution in [2.75, 3.05) is 7.11 Å². The van der Waals surface area contributed by atoms with E-state index >= 15 is 0 Å². The molecule has 0 bridgehead atoms. The van der Waals surface area contributed by atoms with Crippen molar-refractivity contribution in [3.8, 4) is 5.75 Å². The Kier molecular flexibility index (Phi) is 3.31. The Bertz CT molecular complexity index is 1160. The van der Waals surface area contributed by atoms with Crippen molar-refractivity contribution in [1.82, 2.24) is 10.6 Å². The zero-order valence-corrected chi connectivity index (χ0v) is 14.6. The molecule has 132 valence electrons. The minimum Gasteiger partial charge on any atom is -0.496 e. The summed E-state index contributed by atoms with van der Waals surface area (Å²) in [6, 6.07) is 18.2. The fraction of sp³-hybridized carbons (Fsp3) is 0.0909. The van der Waals surface area contributed by atoms with Gasteiger partial charge in [0.25, 0.3) is 0 Å². The Hall–Kier alpha value is -3.60. The first kappa shape index (κ1) is 15.6. The highest BCUT2D eigenvalue weighted by atomic mass is 16.5. The van der Waals surface area contributed by atoms with Gasteiger partial charge in [-0.25, -0.2) is 4.79 Å². The molecular formula is C22H16N2O3. The van der Waals surface area contributed by atoms with Gasteiger partial charge in [0, 0.05) is 16.7 Å². The minimum absolute atomic E-state index is 0.0758. The molecule has 5 rings (SSSR count). The largest absolute Gasteiger partial charge is 0.496 e. The van der Waals surface area contributed by atoms with Gasteiger partial charge in [-0.2, -0.15) is 0 Å². The monoisotopic (exact) mass is 356 g/mol. The van der Waals surface area contributed by atoms with Crippen LogP contribution in [-0.2, 0) is 0 Å². The van der Waals surface area contributed by atoms with Crippen LogP contribution < -0.4 is 15.4 Å². The van der Waals surface area contributed by atoms with Gasteiger partial charge >= 0.3 is 6.03 Å². The molecule has 0 fully saturated rings. The van der Waals surface area contributed by atoms with Gasteiger partial charge in [-0.3, -0.25) is 4.79 Å². The number of nitrogens with one attached hydrogen (secondary N) is 2. The van der Waals surface area contributed by atoms with Crippen molar-refractivity contribution in [2.24, 2.45) is 0 Å². The smallest absolute Gasteiger partial charge is 0.320 e. The van der Waals surface area contributed by atoms with Crippen LogP contribution in [0.25, 0.3) is 16.5 Å². The van der Waals surface area contributed by atoms with E-state index in [-0.39, 0.29) is 11.8 Å². The summed E-state index contributed by atoms with van der Waals surface area (Å²) < 4.78 is 5.60. The molecule has 1 heterocycles. The molecule has 0 spiro atoms. The standard InChI is InChI=1S/C22H16N2O3/c1-27-16-11-10-12-6-2-3-7-13(12)17(16)20-18-19(23-22(26)24-20)14-8-4-5-9-15(14)21(18)25/h2-11,20H,1H3,(H2,23,24,26). The summed E-state index contributed by atoms with van der Waals surface area (Å²) in [5, 5.41) is 7.71.